The van der Waals surface area contributed by atoms with Crippen molar-refractivity contribution in [1.82, 2.24) is 10.2 Å². The van der Waals surface area contributed by atoms with Crippen LogP contribution in [0.3, 0.4) is 0 Å². The summed E-state index contributed by atoms with van der Waals surface area (Å²) in [4.78, 5) is 10.7. The minimum absolute atomic E-state index is 0.0507. The normalized spacial score (nSPS) is 10.2. The lowest BCUT2D eigenvalue weighted by Gasteiger charge is -2.04. The minimum atomic E-state index is -1.04. The molecule has 0 spiro atoms. The number of H-pyrrole nitrogens is 1. The highest BCUT2D eigenvalue weighted by atomic mass is 79.9. The summed E-state index contributed by atoms with van der Waals surface area (Å²) >= 11 is 3.39. The van der Waals surface area contributed by atoms with Gasteiger partial charge in [-0.25, -0.2) is 4.79 Å². The summed E-state index contributed by atoms with van der Waals surface area (Å²) in [6.45, 7) is 0. The Kier molecular flexibility index (Phi) is 3.14. The number of carboxylic acids is 1. The third-order valence-corrected chi connectivity index (χ3v) is 2.95. The molecule has 0 atom stereocenters. The third-order valence-electron chi connectivity index (χ3n) is 2.26. The van der Waals surface area contributed by atoms with Gasteiger partial charge in [0.1, 0.15) is 11.4 Å². The van der Waals surface area contributed by atoms with Crippen molar-refractivity contribution in [3.63, 3.8) is 0 Å². The van der Waals surface area contributed by atoms with Crippen LogP contribution in [0, 0.1) is 0 Å². The van der Waals surface area contributed by atoms with Gasteiger partial charge in [0, 0.05) is 10.0 Å². The Bertz CT molecular complexity index is 566. The average molecular weight is 297 g/mol. The molecule has 1 aromatic carbocycles. The zero-order valence-corrected chi connectivity index (χ0v) is 10.5. The molecule has 2 N–H and O–H groups in total. The second kappa shape index (κ2) is 4.58. The molecule has 0 bridgehead atoms. The lowest BCUT2D eigenvalue weighted by Crippen LogP contribution is -1.95. The van der Waals surface area contributed by atoms with Crippen LogP contribution in [0.15, 0.2) is 28.7 Å². The van der Waals surface area contributed by atoms with E-state index >= 15 is 0 Å². The highest BCUT2D eigenvalue weighted by Gasteiger charge is 2.12. The van der Waals surface area contributed by atoms with Gasteiger partial charge >= 0.3 is 5.97 Å². The van der Waals surface area contributed by atoms with Crippen molar-refractivity contribution in [2.24, 2.45) is 0 Å². The standard InChI is InChI=1S/C11H9BrN2O3/c1-17-6-2-3-8(12)7(4-6)9-5-10(11(15)16)14-13-9/h2-5H,1H3,(H,13,14)(H,15,16). The second-order valence-electron chi connectivity index (χ2n) is 3.32. The average Bonchev–Trinajstić information content (AvgIpc) is 2.79. The Morgan fingerprint density at radius 2 is 2.24 bits per heavy atom. The summed E-state index contributed by atoms with van der Waals surface area (Å²) in [6, 6.07) is 6.88. The van der Waals surface area contributed by atoms with Crippen LogP contribution in [0.5, 0.6) is 5.75 Å². The number of nitrogens with zero attached hydrogens (tertiary/aromatic N) is 1. The van der Waals surface area contributed by atoms with Gasteiger partial charge in [-0.3, -0.25) is 5.10 Å². The van der Waals surface area contributed by atoms with Crippen molar-refractivity contribution < 1.29 is 14.6 Å². The molecule has 2 rings (SSSR count). The van der Waals surface area contributed by atoms with E-state index < -0.39 is 5.97 Å². The molecule has 0 aliphatic rings. The number of carboxylic acid groups (broad SMARTS) is 1. The summed E-state index contributed by atoms with van der Waals surface area (Å²) in [5.74, 6) is -0.356. The molecule has 0 saturated heterocycles. The summed E-state index contributed by atoms with van der Waals surface area (Å²) in [5.41, 5.74) is 1.37. The van der Waals surface area contributed by atoms with Crippen LogP contribution >= 0.6 is 15.9 Å². The largest absolute Gasteiger partial charge is 0.497 e. The van der Waals surface area contributed by atoms with E-state index in [4.69, 9.17) is 9.84 Å². The molecule has 88 valence electrons. The van der Waals surface area contributed by atoms with Gasteiger partial charge in [-0.2, -0.15) is 5.10 Å². The van der Waals surface area contributed by atoms with Crippen LogP contribution in [-0.4, -0.2) is 28.4 Å². The van der Waals surface area contributed by atoms with Crippen LogP contribution in [-0.2, 0) is 0 Å². The van der Waals surface area contributed by atoms with E-state index in [2.05, 4.69) is 26.1 Å². The molecule has 0 saturated carbocycles. The van der Waals surface area contributed by atoms with E-state index in [1.165, 1.54) is 6.07 Å². The van der Waals surface area contributed by atoms with E-state index in [-0.39, 0.29) is 5.69 Å². The summed E-state index contributed by atoms with van der Waals surface area (Å²) in [7, 11) is 1.57. The van der Waals surface area contributed by atoms with Crippen LogP contribution in [0.4, 0.5) is 0 Å². The van der Waals surface area contributed by atoms with Gasteiger partial charge in [0.25, 0.3) is 0 Å². The number of rotatable bonds is 3. The van der Waals surface area contributed by atoms with Crippen molar-refractivity contribution in [2.45, 2.75) is 0 Å². The number of hydrogen-bond donors (Lipinski definition) is 2. The molecular formula is C11H9BrN2O3. The predicted molar refractivity (Wildman–Crippen MR) is 65.2 cm³/mol. The number of aromatic amines is 1. The van der Waals surface area contributed by atoms with Gasteiger partial charge in [-0.1, -0.05) is 15.9 Å². The SMILES string of the molecule is COc1ccc(Br)c(-c2cc(C(=O)O)[nH]n2)c1. The third kappa shape index (κ3) is 2.31. The fourth-order valence-corrected chi connectivity index (χ4v) is 1.85. The molecule has 0 fully saturated rings. The quantitative estimate of drug-likeness (QED) is 0.913. The summed E-state index contributed by atoms with van der Waals surface area (Å²) < 4.78 is 5.93. The Balaban J connectivity index is 2.47. The van der Waals surface area contributed by atoms with Crippen LogP contribution in [0.25, 0.3) is 11.3 Å². The minimum Gasteiger partial charge on any atom is -0.497 e. The fraction of sp³-hybridized carbons (Fsp3) is 0.0909. The molecule has 1 aromatic heterocycles. The highest BCUT2D eigenvalue weighted by molar-refractivity contribution is 9.10. The Morgan fingerprint density at radius 3 is 2.82 bits per heavy atom. The molecular weight excluding hydrogens is 288 g/mol. The monoisotopic (exact) mass is 296 g/mol. The molecule has 0 aliphatic carbocycles. The first-order valence-corrected chi connectivity index (χ1v) is 5.53. The molecule has 17 heavy (non-hydrogen) atoms. The van der Waals surface area contributed by atoms with Gasteiger partial charge in [-0.15, -0.1) is 0 Å². The lowest BCUT2D eigenvalue weighted by atomic mass is 10.1. The predicted octanol–water partition coefficient (Wildman–Crippen LogP) is 2.55. The van der Waals surface area contributed by atoms with E-state index in [0.717, 1.165) is 10.0 Å². The molecule has 0 amide bonds. The first kappa shape index (κ1) is 11.7. The first-order chi connectivity index (χ1) is 8.11. The van der Waals surface area contributed by atoms with Crippen molar-refractivity contribution in [2.75, 3.05) is 7.11 Å². The van der Waals surface area contributed by atoms with Gasteiger partial charge in [0.2, 0.25) is 0 Å². The van der Waals surface area contributed by atoms with Gasteiger partial charge in [0.05, 0.1) is 12.8 Å². The molecule has 1 heterocycles. The van der Waals surface area contributed by atoms with Crippen molar-refractivity contribution in [3.05, 3.63) is 34.4 Å². The maximum Gasteiger partial charge on any atom is 0.353 e. The van der Waals surface area contributed by atoms with Crippen molar-refractivity contribution >= 4 is 21.9 Å². The second-order valence-corrected chi connectivity index (χ2v) is 4.17. The topological polar surface area (TPSA) is 75.2 Å². The van der Waals surface area contributed by atoms with E-state index in [0.29, 0.717) is 11.4 Å². The smallest absolute Gasteiger partial charge is 0.353 e. The van der Waals surface area contributed by atoms with Crippen LogP contribution in [0.1, 0.15) is 10.5 Å². The Morgan fingerprint density at radius 1 is 1.47 bits per heavy atom. The number of halogens is 1. The van der Waals surface area contributed by atoms with Crippen molar-refractivity contribution in [3.8, 4) is 17.0 Å². The molecule has 2 aromatic rings. The molecule has 0 radical (unpaired) electrons. The Labute approximate surface area is 106 Å². The number of methoxy groups -OCH3 is 1. The number of nitrogens with one attached hydrogen (secondary N) is 1. The molecule has 0 unspecified atom stereocenters. The number of hydrogen-bond acceptors (Lipinski definition) is 3. The van der Waals surface area contributed by atoms with E-state index in [9.17, 15) is 4.79 Å². The zero-order chi connectivity index (χ0) is 12.4. The maximum atomic E-state index is 10.7. The highest BCUT2D eigenvalue weighted by Crippen LogP contribution is 2.30. The first-order valence-electron chi connectivity index (χ1n) is 4.74. The van der Waals surface area contributed by atoms with Crippen LogP contribution in [0.2, 0.25) is 0 Å². The van der Waals surface area contributed by atoms with Gasteiger partial charge in [-0.05, 0) is 24.3 Å². The summed E-state index contributed by atoms with van der Waals surface area (Å²) in [5, 5.41) is 15.2. The number of aromatic nitrogens is 2. The Hall–Kier alpha value is -1.82. The summed E-state index contributed by atoms with van der Waals surface area (Å²) in [6.07, 6.45) is 0. The lowest BCUT2D eigenvalue weighted by molar-refractivity contribution is 0.0690. The van der Waals surface area contributed by atoms with Gasteiger partial charge in [0.15, 0.2) is 0 Å². The van der Waals surface area contributed by atoms with E-state index in [1.54, 1.807) is 19.2 Å². The van der Waals surface area contributed by atoms with E-state index in [1.807, 2.05) is 6.07 Å². The fourth-order valence-electron chi connectivity index (χ4n) is 1.40. The van der Waals surface area contributed by atoms with Crippen molar-refractivity contribution in [1.29, 1.82) is 0 Å². The zero-order valence-electron chi connectivity index (χ0n) is 8.90. The maximum absolute atomic E-state index is 10.7. The van der Waals surface area contributed by atoms with Crippen LogP contribution < -0.4 is 4.74 Å². The number of carbonyl (C=O) groups is 1. The number of benzene rings is 1. The van der Waals surface area contributed by atoms with Gasteiger partial charge < -0.3 is 9.84 Å². The number of ether oxygens (including phenoxy) is 1. The molecule has 0 aliphatic heterocycles. The molecule has 5 nitrogen and oxygen atoms in total. The number of aromatic carboxylic acids is 1. The molecule has 6 heteroatoms.